The Morgan fingerprint density at radius 2 is 1.46 bits per heavy atom. The largest absolute Gasteiger partial charge is 0.480 e. The summed E-state index contributed by atoms with van der Waals surface area (Å²) >= 11 is 0. The van der Waals surface area contributed by atoms with Crippen LogP contribution in [-0.2, 0) is 14.4 Å². The van der Waals surface area contributed by atoms with E-state index in [1.165, 1.54) is 38.5 Å². The van der Waals surface area contributed by atoms with Crippen molar-refractivity contribution in [2.75, 3.05) is 6.54 Å². The van der Waals surface area contributed by atoms with Crippen LogP contribution in [0.15, 0.2) is 0 Å². The number of carbonyl (C=O) groups excluding carboxylic acids is 2. The molecule has 0 atom stereocenters. The molecule has 0 saturated heterocycles. The number of rotatable bonds is 6. The molecule has 4 bridgehead atoms. The van der Waals surface area contributed by atoms with Crippen molar-refractivity contribution >= 4 is 17.8 Å². The van der Waals surface area contributed by atoms with Gasteiger partial charge in [-0.05, 0) is 74.5 Å². The molecule has 2 amide bonds. The van der Waals surface area contributed by atoms with Gasteiger partial charge in [0.1, 0.15) is 5.54 Å². The van der Waals surface area contributed by atoms with Gasteiger partial charge >= 0.3 is 5.97 Å². The lowest BCUT2D eigenvalue weighted by atomic mass is 9.49. The molecule has 132 valence electrons. The molecule has 0 aliphatic heterocycles. The highest BCUT2D eigenvalue weighted by Gasteiger charge is 2.52. The van der Waals surface area contributed by atoms with Gasteiger partial charge in [-0.3, -0.25) is 9.59 Å². The highest BCUT2D eigenvalue weighted by molar-refractivity contribution is 5.91. The number of aliphatic carboxylic acids is 1. The zero-order chi connectivity index (χ0) is 16.9. The van der Waals surface area contributed by atoms with Crippen molar-refractivity contribution in [2.24, 2.45) is 23.2 Å². The fourth-order valence-electron chi connectivity index (χ4n) is 5.92. The summed E-state index contributed by atoms with van der Waals surface area (Å²) in [6, 6.07) is 0. The van der Waals surface area contributed by atoms with E-state index in [4.69, 9.17) is 5.11 Å². The number of hydrogen-bond acceptors (Lipinski definition) is 3. The smallest absolute Gasteiger partial charge is 0.329 e. The zero-order valence-electron chi connectivity index (χ0n) is 14.0. The van der Waals surface area contributed by atoms with Crippen LogP contribution >= 0.6 is 0 Å². The van der Waals surface area contributed by atoms with Crippen molar-refractivity contribution in [3.63, 3.8) is 0 Å². The van der Waals surface area contributed by atoms with Crippen molar-refractivity contribution in [3.05, 3.63) is 0 Å². The minimum absolute atomic E-state index is 0.0627. The Bertz CT molecular complexity index is 546. The molecular formula is C18H26N2O4. The second kappa shape index (κ2) is 5.46. The molecule has 3 N–H and O–H groups in total. The van der Waals surface area contributed by atoms with E-state index in [1.54, 1.807) is 0 Å². The summed E-state index contributed by atoms with van der Waals surface area (Å²) in [5.41, 5.74) is -0.921. The molecule has 0 heterocycles. The van der Waals surface area contributed by atoms with Crippen LogP contribution < -0.4 is 10.6 Å². The summed E-state index contributed by atoms with van der Waals surface area (Å²) < 4.78 is 0. The predicted octanol–water partition coefficient (Wildman–Crippen LogP) is 1.44. The van der Waals surface area contributed by atoms with E-state index in [-0.39, 0.29) is 17.9 Å². The summed E-state index contributed by atoms with van der Waals surface area (Å²) in [6.07, 6.45) is 9.00. The van der Waals surface area contributed by atoms with E-state index >= 15 is 0 Å². The highest BCUT2D eigenvalue weighted by Crippen LogP contribution is 2.61. The lowest BCUT2D eigenvalue weighted by Crippen LogP contribution is -2.50. The van der Waals surface area contributed by atoms with Gasteiger partial charge in [-0.25, -0.2) is 4.79 Å². The van der Waals surface area contributed by atoms with E-state index in [0.717, 1.165) is 17.8 Å². The lowest BCUT2D eigenvalue weighted by molar-refractivity contribution is -0.143. The second-order valence-electron chi connectivity index (χ2n) is 8.81. The summed E-state index contributed by atoms with van der Waals surface area (Å²) in [4.78, 5) is 35.3. The summed E-state index contributed by atoms with van der Waals surface area (Å²) in [7, 11) is 0. The SMILES string of the molecule is O=C(CC12CC3CC(CC(C3)C1)C2)NCC(=O)NC1(C(=O)O)CC1. The first-order valence-corrected chi connectivity index (χ1v) is 9.19. The molecule has 0 aromatic rings. The van der Waals surface area contributed by atoms with Gasteiger partial charge < -0.3 is 15.7 Å². The first kappa shape index (κ1) is 15.9. The van der Waals surface area contributed by atoms with Crippen molar-refractivity contribution in [2.45, 2.75) is 63.3 Å². The number of carbonyl (C=O) groups is 3. The first-order chi connectivity index (χ1) is 11.4. The molecule has 24 heavy (non-hydrogen) atoms. The number of carboxylic acids is 1. The molecule has 0 unspecified atom stereocenters. The Morgan fingerprint density at radius 1 is 0.917 bits per heavy atom. The summed E-state index contributed by atoms with van der Waals surface area (Å²) in [5.74, 6) is 0.949. The standard InChI is InChI=1S/C18H26N2O4/c21-14(19-10-15(22)20-18(1-2-18)16(23)24)9-17-6-11-3-12(7-17)5-13(4-11)8-17/h11-13H,1-10H2,(H,19,21)(H,20,22)(H,23,24). The monoisotopic (exact) mass is 334 g/mol. The van der Waals surface area contributed by atoms with Crippen molar-refractivity contribution in [1.29, 1.82) is 0 Å². The van der Waals surface area contributed by atoms with Gasteiger partial charge in [0.15, 0.2) is 0 Å². The van der Waals surface area contributed by atoms with Gasteiger partial charge in [0.2, 0.25) is 11.8 Å². The Labute approximate surface area is 141 Å². The molecule has 6 heteroatoms. The van der Waals surface area contributed by atoms with E-state index < -0.39 is 17.4 Å². The molecule has 0 aromatic heterocycles. The molecular weight excluding hydrogens is 308 g/mol. The molecule has 5 rings (SSSR count). The van der Waals surface area contributed by atoms with Crippen LogP contribution in [0.5, 0.6) is 0 Å². The Balaban J connectivity index is 1.27. The predicted molar refractivity (Wildman–Crippen MR) is 86.0 cm³/mol. The normalized spacial score (nSPS) is 37.8. The van der Waals surface area contributed by atoms with Crippen LogP contribution in [-0.4, -0.2) is 35.0 Å². The highest BCUT2D eigenvalue weighted by atomic mass is 16.4. The maximum atomic E-state index is 12.3. The quantitative estimate of drug-likeness (QED) is 0.685. The van der Waals surface area contributed by atoms with E-state index in [1.807, 2.05) is 0 Å². The molecule has 0 radical (unpaired) electrons. The van der Waals surface area contributed by atoms with E-state index in [2.05, 4.69) is 10.6 Å². The Morgan fingerprint density at radius 3 is 1.92 bits per heavy atom. The van der Waals surface area contributed by atoms with Gasteiger partial charge in [-0.2, -0.15) is 0 Å². The van der Waals surface area contributed by atoms with Gasteiger partial charge in [0, 0.05) is 6.42 Å². The van der Waals surface area contributed by atoms with Crippen LogP contribution in [0.4, 0.5) is 0 Å². The minimum Gasteiger partial charge on any atom is -0.480 e. The number of amides is 2. The first-order valence-electron chi connectivity index (χ1n) is 9.19. The number of nitrogens with one attached hydrogen (secondary N) is 2. The van der Waals surface area contributed by atoms with Gasteiger partial charge in [-0.15, -0.1) is 0 Å². The zero-order valence-corrected chi connectivity index (χ0v) is 14.0. The van der Waals surface area contributed by atoms with Crippen molar-refractivity contribution < 1.29 is 19.5 Å². The molecule has 5 saturated carbocycles. The molecule has 0 aromatic carbocycles. The Kier molecular flexibility index (Phi) is 3.62. The molecule has 5 aliphatic carbocycles. The fraction of sp³-hybridized carbons (Fsp3) is 0.833. The molecule has 5 fully saturated rings. The Hall–Kier alpha value is -1.59. The third-order valence-corrected chi connectivity index (χ3v) is 6.68. The van der Waals surface area contributed by atoms with E-state index in [0.29, 0.717) is 19.3 Å². The number of carboxylic acid groups (broad SMARTS) is 1. The molecule has 5 aliphatic rings. The molecule has 0 spiro atoms. The van der Waals surface area contributed by atoms with Crippen molar-refractivity contribution in [1.82, 2.24) is 10.6 Å². The van der Waals surface area contributed by atoms with Gasteiger partial charge in [0.25, 0.3) is 0 Å². The van der Waals surface area contributed by atoms with E-state index in [9.17, 15) is 14.4 Å². The summed E-state index contributed by atoms with van der Waals surface area (Å²) in [5, 5.41) is 14.3. The maximum Gasteiger partial charge on any atom is 0.329 e. The second-order valence-corrected chi connectivity index (χ2v) is 8.81. The fourth-order valence-corrected chi connectivity index (χ4v) is 5.92. The van der Waals surface area contributed by atoms with Crippen molar-refractivity contribution in [3.8, 4) is 0 Å². The molecule has 6 nitrogen and oxygen atoms in total. The topological polar surface area (TPSA) is 95.5 Å². The van der Waals surface area contributed by atoms with Crippen LogP contribution in [0, 0.1) is 23.2 Å². The average Bonchev–Trinajstić information content (AvgIpc) is 3.24. The van der Waals surface area contributed by atoms with Crippen LogP contribution in [0.2, 0.25) is 0 Å². The van der Waals surface area contributed by atoms with Crippen LogP contribution in [0.3, 0.4) is 0 Å². The number of hydrogen-bond donors (Lipinski definition) is 3. The summed E-state index contributed by atoms with van der Waals surface area (Å²) in [6.45, 7) is -0.125. The minimum atomic E-state index is -1.08. The van der Waals surface area contributed by atoms with Gasteiger partial charge in [-0.1, -0.05) is 0 Å². The van der Waals surface area contributed by atoms with Crippen LogP contribution in [0.1, 0.15) is 57.8 Å². The lowest BCUT2D eigenvalue weighted by Gasteiger charge is -2.56. The maximum absolute atomic E-state index is 12.3. The third kappa shape index (κ3) is 2.91. The van der Waals surface area contributed by atoms with Gasteiger partial charge in [0.05, 0.1) is 6.54 Å². The average molecular weight is 334 g/mol. The third-order valence-electron chi connectivity index (χ3n) is 6.68. The van der Waals surface area contributed by atoms with Crippen LogP contribution in [0.25, 0.3) is 0 Å².